The van der Waals surface area contributed by atoms with Gasteiger partial charge in [-0.15, -0.1) is 0 Å². The average molecular weight is 261 g/mol. The first-order valence-corrected chi connectivity index (χ1v) is 6.17. The molecule has 1 aliphatic heterocycles. The van der Waals surface area contributed by atoms with Gasteiger partial charge in [-0.25, -0.2) is 18.7 Å². The lowest BCUT2D eigenvalue weighted by molar-refractivity contribution is 0.583. The van der Waals surface area contributed by atoms with E-state index in [9.17, 15) is 8.78 Å². The summed E-state index contributed by atoms with van der Waals surface area (Å²) < 4.78 is 26.5. The zero-order valence-electron chi connectivity index (χ0n) is 10.5. The molecule has 1 aromatic heterocycles. The van der Waals surface area contributed by atoms with Crippen molar-refractivity contribution in [2.75, 3.05) is 6.54 Å². The minimum absolute atomic E-state index is 0.369. The number of hydrogen-bond acceptors (Lipinski definition) is 3. The number of hydrogen-bond donors (Lipinski definition) is 1. The standard InChI is InChI=1S/C14H13F2N3/c1-8-12-2-3-17-7-13(12)19-14(18-8)9-4-10(15)6-11(16)5-9/h4-6,17H,2-3,7H2,1H3. The molecule has 0 aliphatic carbocycles. The van der Waals surface area contributed by atoms with Crippen LogP contribution in [0.1, 0.15) is 17.0 Å². The van der Waals surface area contributed by atoms with Crippen LogP contribution < -0.4 is 5.32 Å². The number of fused-ring (bicyclic) bond motifs is 1. The molecular formula is C14H13F2N3. The molecule has 19 heavy (non-hydrogen) atoms. The maximum absolute atomic E-state index is 13.2. The van der Waals surface area contributed by atoms with Crippen molar-refractivity contribution in [3.8, 4) is 11.4 Å². The molecule has 0 spiro atoms. The molecule has 2 heterocycles. The van der Waals surface area contributed by atoms with Crippen molar-refractivity contribution in [1.82, 2.24) is 15.3 Å². The van der Waals surface area contributed by atoms with E-state index in [1.54, 1.807) is 0 Å². The number of nitrogens with one attached hydrogen (secondary N) is 1. The van der Waals surface area contributed by atoms with Crippen LogP contribution in [0, 0.1) is 18.6 Å². The minimum atomic E-state index is -0.618. The summed E-state index contributed by atoms with van der Waals surface area (Å²) in [5, 5.41) is 3.23. The molecule has 1 aromatic carbocycles. The second-order valence-corrected chi connectivity index (χ2v) is 4.64. The summed E-state index contributed by atoms with van der Waals surface area (Å²) in [6.45, 7) is 3.49. The Hall–Kier alpha value is -1.88. The maximum atomic E-state index is 13.2. The molecule has 0 saturated heterocycles. The highest BCUT2D eigenvalue weighted by Crippen LogP contribution is 2.22. The van der Waals surface area contributed by atoms with Crippen molar-refractivity contribution in [3.05, 3.63) is 46.8 Å². The van der Waals surface area contributed by atoms with E-state index in [1.165, 1.54) is 12.1 Å². The lowest BCUT2D eigenvalue weighted by Gasteiger charge is -2.18. The largest absolute Gasteiger partial charge is 0.311 e. The second kappa shape index (κ2) is 4.66. The quantitative estimate of drug-likeness (QED) is 0.856. The van der Waals surface area contributed by atoms with Gasteiger partial charge < -0.3 is 5.32 Å². The molecule has 0 amide bonds. The van der Waals surface area contributed by atoms with Gasteiger partial charge in [0.25, 0.3) is 0 Å². The Labute approximate surface area is 109 Å². The number of halogens is 2. The molecule has 0 saturated carbocycles. The Morgan fingerprint density at radius 2 is 1.84 bits per heavy atom. The topological polar surface area (TPSA) is 37.8 Å². The maximum Gasteiger partial charge on any atom is 0.159 e. The van der Waals surface area contributed by atoms with Crippen molar-refractivity contribution in [2.45, 2.75) is 19.9 Å². The first-order chi connectivity index (χ1) is 9.13. The fraction of sp³-hybridized carbons (Fsp3) is 0.286. The lowest BCUT2D eigenvalue weighted by atomic mass is 10.0. The smallest absolute Gasteiger partial charge is 0.159 e. The van der Waals surface area contributed by atoms with Crippen molar-refractivity contribution < 1.29 is 8.78 Å². The first kappa shape index (κ1) is 12.2. The number of nitrogens with zero attached hydrogens (tertiary/aromatic N) is 2. The molecule has 2 aromatic rings. The van der Waals surface area contributed by atoms with Crippen LogP contribution in [0.5, 0.6) is 0 Å². The third kappa shape index (κ3) is 2.33. The molecule has 5 heteroatoms. The minimum Gasteiger partial charge on any atom is -0.311 e. The van der Waals surface area contributed by atoms with Crippen molar-refractivity contribution in [3.63, 3.8) is 0 Å². The van der Waals surface area contributed by atoms with Crippen LogP contribution in [0.25, 0.3) is 11.4 Å². The van der Waals surface area contributed by atoms with Crippen molar-refractivity contribution in [2.24, 2.45) is 0 Å². The van der Waals surface area contributed by atoms with E-state index in [0.29, 0.717) is 17.9 Å². The van der Waals surface area contributed by atoms with Crippen LogP contribution in [-0.2, 0) is 13.0 Å². The van der Waals surface area contributed by atoms with Gasteiger partial charge in [0.2, 0.25) is 0 Å². The summed E-state index contributed by atoms with van der Waals surface area (Å²) in [7, 11) is 0. The van der Waals surface area contributed by atoms with E-state index < -0.39 is 11.6 Å². The van der Waals surface area contributed by atoms with Crippen LogP contribution >= 0.6 is 0 Å². The summed E-state index contributed by atoms with van der Waals surface area (Å²) in [4.78, 5) is 8.79. The summed E-state index contributed by atoms with van der Waals surface area (Å²) in [6, 6.07) is 3.34. The van der Waals surface area contributed by atoms with E-state index >= 15 is 0 Å². The van der Waals surface area contributed by atoms with Gasteiger partial charge in [-0.3, -0.25) is 0 Å². The summed E-state index contributed by atoms with van der Waals surface area (Å²) in [5.74, 6) is -0.863. The van der Waals surface area contributed by atoms with Gasteiger partial charge in [0.05, 0.1) is 5.69 Å². The molecule has 3 nitrogen and oxygen atoms in total. The molecular weight excluding hydrogens is 248 g/mol. The van der Waals surface area contributed by atoms with E-state index in [4.69, 9.17) is 0 Å². The van der Waals surface area contributed by atoms with Crippen LogP contribution in [0.2, 0.25) is 0 Å². The normalized spacial score (nSPS) is 14.3. The van der Waals surface area contributed by atoms with Gasteiger partial charge in [0.1, 0.15) is 11.6 Å². The molecule has 1 N–H and O–H groups in total. The molecule has 0 bridgehead atoms. The lowest BCUT2D eigenvalue weighted by Crippen LogP contribution is -2.26. The Morgan fingerprint density at radius 1 is 1.11 bits per heavy atom. The van der Waals surface area contributed by atoms with E-state index in [1.807, 2.05) is 6.92 Å². The fourth-order valence-electron chi connectivity index (χ4n) is 2.36. The Morgan fingerprint density at radius 3 is 2.58 bits per heavy atom. The molecule has 0 unspecified atom stereocenters. The zero-order chi connectivity index (χ0) is 13.4. The summed E-state index contributed by atoms with van der Waals surface area (Å²) >= 11 is 0. The second-order valence-electron chi connectivity index (χ2n) is 4.64. The highest BCUT2D eigenvalue weighted by Gasteiger charge is 2.16. The molecule has 98 valence electrons. The third-order valence-electron chi connectivity index (χ3n) is 3.26. The Kier molecular flexibility index (Phi) is 2.98. The SMILES string of the molecule is Cc1nc(-c2cc(F)cc(F)c2)nc2c1CCNC2. The first-order valence-electron chi connectivity index (χ1n) is 6.17. The highest BCUT2D eigenvalue weighted by atomic mass is 19.1. The van der Waals surface area contributed by atoms with Gasteiger partial charge in [-0.2, -0.15) is 0 Å². The highest BCUT2D eigenvalue weighted by molar-refractivity contribution is 5.56. The number of benzene rings is 1. The fourth-order valence-corrected chi connectivity index (χ4v) is 2.36. The number of aromatic nitrogens is 2. The zero-order valence-corrected chi connectivity index (χ0v) is 10.5. The molecule has 0 radical (unpaired) electrons. The Bertz CT molecular complexity index is 621. The van der Waals surface area contributed by atoms with Gasteiger partial charge in [0, 0.05) is 23.9 Å². The molecule has 0 atom stereocenters. The van der Waals surface area contributed by atoms with Crippen LogP contribution in [-0.4, -0.2) is 16.5 Å². The van der Waals surface area contributed by atoms with Crippen molar-refractivity contribution in [1.29, 1.82) is 0 Å². The van der Waals surface area contributed by atoms with Gasteiger partial charge in [0.15, 0.2) is 5.82 Å². The summed E-state index contributed by atoms with van der Waals surface area (Å²) in [6.07, 6.45) is 0.888. The van der Waals surface area contributed by atoms with E-state index in [-0.39, 0.29) is 0 Å². The molecule has 1 aliphatic rings. The van der Waals surface area contributed by atoms with Crippen LogP contribution in [0.15, 0.2) is 18.2 Å². The molecule has 3 rings (SSSR count). The van der Waals surface area contributed by atoms with Crippen LogP contribution in [0.3, 0.4) is 0 Å². The summed E-state index contributed by atoms with van der Waals surface area (Å²) in [5.41, 5.74) is 3.30. The van der Waals surface area contributed by atoms with E-state index in [0.717, 1.165) is 36.0 Å². The number of rotatable bonds is 1. The van der Waals surface area contributed by atoms with Gasteiger partial charge in [-0.05, 0) is 37.6 Å². The predicted octanol–water partition coefficient (Wildman–Crippen LogP) is 2.38. The predicted molar refractivity (Wildman–Crippen MR) is 67.5 cm³/mol. The van der Waals surface area contributed by atoms with Gasteiger partial charge >= 0.3 is 0 Å². The van der Waals surface area contributed by atoms with E-state index in [2.05, 4.69) is 15.3 Å². The van der Waals surface area contributed by atoms with Crippen molar-refractivity contribution >= 4 is 0 Å². The number of aryl methyl sites for hydroxylation is 1. The molecule has 0 fully saturated rings. The monoisotopic (exact) mass is 261 g/mol. The Balaban J connectivity index is 2.12. The van der Waals surface area contributed by atoms with Crippen LogP contribution in [0.4, 0.5) is 8.78 Å². The van der Waals surface area contributed by atoms with Gasteiger partial charge in [-0.1, -0.05) is 0 Å². The third-order valence-corrected chi connectivity index (χ3v) is 3.26. The average Bonchev–Trinajstić information content (AvgIpc) is 2.37.